The highest BCUT2D eigenvalue weighted by molar-refractivity contribution is 4.79. The molecule has 0 atom stereocenters. The largest absolute Gasteiger partial charge is 0.299 e. The van der Waals surface area contributed by atoms with Gasteiger partial charge in [-0.1, -0.05) is 59.3 Å². The first-order valence-corrected chi connectivity index (χ1v) is 7.33. The number of unbranched alkanes of at least 4 members (excludes halogenated alkanes) is 5. The van der Waals surface area contributed by atoms with Crippen LogP contribution in [0.3, 0.4) is 0 Å². The summed E-state index contributed by atoms with van der Waals surface area (Å²) in [5.74, 6) is 0. The van der Waals surface area contributed by atoms with Gasteiger partial charge in [-0.05, 0) is 33.4 Å². The van der Waals surface area contributed by atoms with Gasteiger partial charge in [-0.2, -0.15) is 0 Å². The van der Waals surface area contributed by atoms with Crippen LogP contribution in [0.15, 0.2) is 0 Å². The fourth-order valence-corrected chi connectivity index (χ4v) is 2.58. The minimum Gasteiger partial charge on any atom is -0.299 e. The van der Waals surface area contributed by atoms with Gasteiger partial charge in [-0.3, -0.25) is 4.90 Å². The Labute approximate surface area is 104 Å². The van der Waals surface area contributed by atoms with Crippen LogP contribution in [0.25, 0.3) is 0 Å². The third-order valence-electron chi connectivity index (χ3n) is 3.76. The van der Waals surface area contributed by atoms with Crippen molar-refractivity contribution in [1.82, 2.24) is 4.90 Å². The van der Waals surface area contributed by atoms with E-state index in [1.165, 1.54) is 58.0 Å². The molecule has 0 unspecified atom stereocenters. The van der Waals surface area contributed by atoms with Crippen LogP contribution in [0, 0.1) is 0 Å². The molecule has 0 aromatic carbocycles. The lowest BCUT2D eigenvalue weighted by Crippen LogP contribution is -2.43. The van der Waals surface area contributed by atoms with Crippen molar-refractivity contribution in [2.24, 2.45) is 0 Å². The van der Waals surface area contributed by atoms with Crippen molar-refractivity contribution >= 4 is 0 Å². The highest BCUT2D eigenvalue weighted by atomic mass is 15.2. The molecule has 0 rings (SSSR count). The molecule has 0 aromatic rings. The van der Waals surface area contributed by atoms with E-state index in [-0.39, 0.29) is 0 Å². The number of nitrogens with zero attached hydrogens (tertiary/aromatic N) is 1. The molecular weight excluding hydrogens is 194 g/mol. The van der Waals surface area contributed by atoms with Gasteiger partial charge in [0, 0.05) is 5.54 Å². The average Bonchev–Trinajstić information content (AvgIpc) is 2.24. The van der Waals surface area contributed by atoms with Crippen LogP contribution in [0.4, 0.5) is 0 Å². The van der Waals surface area contributed by atoms with E-state index in [0.717, 1.165) is 0 Å². The Hall–Kier alpha value is -0.0400. The molecule has 0 aromatic heterocycles. The third-order valence-corrected chi connectivity index (χ3v) is 3.76. The van der Waals surface area contributed by atoms with Crippen LogP contribution < -0.4 is 0 Å². The average molecular weight is 227 g/mol. The first-order valence-electron chi connectivity index (χ1n) is 7.33. The van der Waals surface area contributed by atoms with Crippen molar-refractivity contribution in [2.45, 2.75) is 85.1 Å². The van der Waals surface area contributed by atoms with E-state index in [2.05, 4.69) is 39.5 Å². The maximum Gasteiger partial charge on any atom is 0.0153 e. The first kappa shape index (κ1) is 16.0. The summed E-state index contributed by atoms with van der Waals surface area (Å²) in [6.45, 7) is 14.0. The predicted octanol–water partition coefficient (Wildman–Crippen LogP) is 4.86. The molecule has 0 fully saturated rings. The molecule has 98 valence electrons. The molecule has 1 nitrogen and oxygen atoms in total. The molecule has 0 aliphatic rings. The van der Waals surface area contributed by atoms with Gasteiger partial charge in [0.2, 0.25) is 0 Å². The highest BCUT2D eigenvalue weighted by Gasteiger charge is 2.22. The Bertz CT molecular complexity index is 148. The van der Waals surface area contributed by atoms with Crippen molar-refractivity contribution in [3.63, 3.8) is 0 Å². The summed E-state index contributed by atoms with van der Waals surface area (Å²) >= 11 is 0. The Morgan fingerprint density at radius 1 is 0.750 bits per heavy atom. The maximum absolute atomic E-state index is 2.58. The Balaban J connectivity index is 3.64. The molecule has 0 saturated heterocycles. The fourth-order valence-electron chi connectivity index (χ4n) is 2.58. The van der Waals surface area contributed by atoms with Gasteiger partial charge in [0.15, 0.2) is 0 Å². The Kier molecular flexibility index (Phi) is 9.02. The molecule has 0 aliphatic carbocycles. The Morgan fingerprint density at radius 2 is 1.25 bits per heavy atom. The topological polar surface area (TPSA) is 3.24 Å². The first-order chi connectivity index (χ1) is 7.58. The monoisotopic (exact) mass is 227 g/mol. The van der Waals surface area contributed by atoms with Crippen LogP contribution in [-0.2, 0) is 0 Å². The van der Waals surface area contributed by atoms with E-state index < -0.39 is 0 Å². The third kappa shape index (κ3) is 6.52. The lowest BCUT2D eigenvalue weighted by Gasteiger charge is -2.37. The molecule has 0 saturated carbocycles. The van der Waals surface area contributed by atoms with E-state index in [9.17, 15) is 0 Å². The SMILES string of the molecule is CCCCCCCCC(C)(C)N(CC)CC. The Morgan fingerprint density at radius 3 is 1.75 bits per heavy atom. The smallest absolute Gasteiger partial charge is 0.0153 e. The summed E-state index contributed by atoms with van der Waals surface area (Å²) in [6, 6.07) is 0. The molecule has 0 spiro atoms. The summed E-state index contributed by atoms with van der Waals surface area (Å²) in [4.78, 5) is 2.58. The molecule has 0 bridgehead atoms. The van der Waals surface area contributed by atoms with E-state index in [1.807, 2.05) is 0 Å². The van der Waals surface area contributed by atoms with Crippen LogP contribution >= 0.6 is 0 Å². The summed E-state index contributed by atoms with van der Waals surface area (Å²) in [6.07, 6.45) is 9.80. The van der Waals surface area contributed by atoms with Gasteiger partial charge in [-0.25, -0.2) is 0 Å². The van der Waals surface area contributed by atoms with Crippen LogP contribution in [0.5, 0.6) is 0 Å². The molecule has 0 radical (unpaired) electrons. The zero-order valence-corrected chi connectivity index (χ0v) is 12.3. The second-order valence-corrected chi connectivity index (χ2v) is 5.50. The lowest BCUT2D eigenvalue weighted by molar-refractivity contribution is 0.122. The molecule has 0 amide bonds. The summed E-state index contributed by atoms with van der Waals surface area (Å²) in [7, 11) is 0. The normalized spacial score (nSPS) is 12.4. The summed E-state index contributed by atoms with van der Waals surface area (Å²) in [5.41, 5.74) is 0.397. The maximum atomic E-state index is 2.58. The van der Waals surface area contributed by atoms with Crippen LogP contribution in [-0.4, -0.2) is 23.5 Å². The second kappa shape index (κ2) is 9.04. The summed E-state index contributed by atoms with van der Waals surface area (Å²) in [5, 5.41) is 0. The molecule has 16 heavy (non-hydrogen) atoms. The number of hydrogen-bond acceptors (Lipinski definition) is 1. The van der Waals surface area contributed by atoms with E-state index in [0.29, 0.717) is 5.54 Å². The highest BCUT2D eigenvalue weighted by Crippen LogP contribution is 2.22. The number of rotatable bonds is 10. The van der Waals surface area contributed by atoms with E-state index in [1.54, 1.807) is 0 Å². The minimum absolute atomic E-state index is 0.397. The standard InChI is InChI=1S/C15H33N/c1-6-9-10-11-12-13-14-15(4,5)16(7-2)8-3/h6-14H2,1-5H3. The molecular formula is C15H33N. The fraction of sp³-hybridized carbons (Fsp3) is 1.00. The second-order valence-electron chi connectivity index (χ2n) is 5.50. The van der Waals surface area contributed by atoms with E-state index >= 15 is 0 Å². The minimum atomic E-state index is 0.397. The van der Waals surface area contributed by atoms with Crippen molar-refractivity contribution < 1.29 is 0 Å². The van der Waals surface area contributed by atoms with E-state index in [4.69, 9.17) is 0 Å². The van der Waals surface area contributed by atoms with Crippen molar-refractivity contribution in [3.05, 3.63) is 0 Å². The quantitative estimate of drug-likeness (QED) is 0.482. The molecule has 0 aliphatic heterocycles. The van der Waals surface area contributed by atoms with Crippen molar-refractivity contribution in [2.75, 3.05) is 13.1 Å². The van der Waals surface area contributed by atoms with Crippen molar-refractivity contribution in [1.29, 1.82) is 0 Å². The van der Waals surface area contributed by atoms with Gasteiger partial charge < -0.3 is 0 Å². The van der Waals surface area contributed by atoms with Gasteiger partial charge in [0.1, 0.15) is 0 Å². The predicted molar refractivity (Wildman–Crippen MR) is 75.0 cm³/mol. The zero-order chi connectivity index (χ0) is 12.4. The zero-order valence-electron chi connectivity index (χ0n) is 12.3. The lowest BCUT2D eigenvalue weighted by atomic mass is 9.94. The van der Waals surface area contributed by atoms with Gasteiger partial charge in [0.05, 0.1) is 0 Å². The molecule has 1 heteroatoms. The van der Waals surface area contributed by atoms with Gasteiger partial charge in [0.25, 0.3) is 0 Å². The number of hydrogen-bond donors (Lipinski definition) is 0. The molecule has 0 N–H and O–H groups in total. The van der Waals surface area contributed by atoms with Gasteiger partial charge in [-0.15, -0.1) is 0 Å². The van der Waals surface area contributed by atoms with Gasteiger partial charge >= 0.3 is 0 Å². The van der Waals surface area contributed by atoms with Crippen molar-refractivity contribution in [3.8, 4) is 0 Å². The molecule has 0 heterocycles. The summed E-state index contributed by atoms with van der Waals surface area (Å²) < 4.78 is 0. The van der Waals surface area contributed by atoms with Crippen LogP contribution in [0.1, 0.15) is 79.6 Å². The van der Waals surface area contributed by atoms with Crippen LogP contribution in [0.2, 0.25) is 0 Å².